The Morgan fingerprint density at radius 3 is 2.32 bits per heavy atom. The summed E-state index contributed by atoms with van der Waals surface area (Å²) in [5.41, 5.74) is 1.79. The zero-order valence-electron chi connectivity index (χ0n) is 16.7. The molecule has 0 unspecified atom stereocenters. The van der Waals surface area contributed by atoms with Crippen molar-refractivity contribution in [3.8, 4) is 5.75 Å². The van der Waals surface area contributed by atoms with E-state index < -0.39 is 16.1 Å². The fourth-order valence-electron chi connectivity index (χ4n) is 2.81. The van der Waals surface area contributed by atoms with Crippen LogP contribution in [0.4, 0.5) is 0 Å². The van der Waals surface area contributed by atoms with E-state index in [1.807, 2.05) is 45.0 Å². The van der Waals surface area contributed by atoms with Crippen molar-refractivity contribution in [1.82, 2.24) is 10.0 Å². The SMILES string of the molecule is COc1ccccc1CNC(=O)[C@H](CC(C)C)NS(=O)(=O)c1ccc(C)cc1. The van der Waals surface area contributed by atoms with E-state index in [9.17, 15) is 13.2 Å². The molecule has 0 aromatic heterocycles. The highest BCUT2D eigenvalue weighted by Crippen LogP contribution is 2.17. The van der Waals surface area contributed by atoms with E-state index in [0.29, 0.717) is 12.2 Å². The van der Waals surface area contributed by atoms with Crippen molar-refractivity contribution in [3.05, 3.63) is 59.7 Å². The van der Waals surface area contributed by atoms with Crippen LogP contribution in [0.2, 0.25) is 0 Å². The molecule has 0 aliphatic rings. The molecule has 0 heterocycles. The lowest BCUT2D eigenvalue weighted by Crippen LogP contribution is -2.47. The predicted molar refractivity (Wildman–Crippen MR) is 110 cm³/mol. The minimum Gasteiger partial charge on any atom is -0.496 e. The highest BCUT2D eigenvalue weighted by Gasteiger charge is 2.26. The normalized spacial score (nSPS) is 12.6. The van der Waals surface area contributed by atoms with Crippen LogP contribution in [0.15, 0.2) is 53.4 Å². The Kier molecular flexibility index (Phi) is 7.60. The van der Waals surface area contributed by atoms with Gasteiger partial charge in [0.2, 0.25) is 15.9 Å². The Bertz CT molecular complexity index is 893. The van der Waals surface area contributed by atoms with Gasteiger partial charge in [0.15, 0.2) is 0 Å². The van der Waals surface area contributed by atoms with E-state index in [4.69, 9.17) is 4.74 Å². The maximum absolute atomic E-state index is 12.7. The fourth-order valence-corrected chi connectivity index (χ4v) is 4.02. The monoisotopic (exact) mass is 404 g/mol. The summed E-state index contributed by atoms with van der Waals surface area (Å²) >= 11 is 0. The van der Waals surface area contributed by atoms with Crippen LogP contribution in [-0.2, 0) is 21.4 Å². The molecule has 0 fully saturated rings. The second-order valence-electron chi connectivity index (χ2n) is 7.15. The Balaban J connectivity index is 2.13. The highest BCUT2D eigenvalue weighted by molar-refractivity contribution is 7.89. The van der Waals surface area contributed by atoms with Gasteiger partial charge < -0.3 is 10.1 Å². The molecule has 2 rings (SSSR count). The fraction of sp³-hybridized carbons (Fsp3) is 0.381. The van der Waals surface area contributed by atoms with Crippen molar-refractivity contribution in [1.29, 1.82) is 0 Å². The molecule has 152 valence electrons. The first-order valence-electron chi connectivity index (χ1n) is 9.21. The summed E-state index contributed by atoms with van der Waals surface area (Å²) in [5.74, 6) is 0.446. The number of carbonyl (C=O) groups is 1. The molecular formula is C21H28N2O4S. The molecule has 0 radical (unpaired) electrons. The number of para-hydroxylation sites is 1. The largest absolute Gasteiger partial charge is 0.496 e. The lowest BCUT2D eigenvalue weighted by Gasteiger charge is -2.20. The average molecular weight is 405 g/mol. The van der Waals surface area contributed by atoms with Gasteiger partial charge in [-0.1, -0.05) is 49.7 Å². The van der Waals surface area contributed by atoms with Crippen LogP contribution in [0.1, 0.15) is 31.4 Å². The molecule has 0 saturated heterocycles. The molecule has 2 N–H and O–H groups in total. The van der Waals surface area contributed by atoms with Crippen LogP contribution in [0.5, 0.6) is 5.75 Å². The second-order valence-corrected chi connectivity index (χ2v) is 8.86. The first-order valence-corrected chi connectivity index (χ1v) is 10.7. The van der Waals surface area contributed by atoms with E-state index in [2.05, 4.69) is 10.0 Å². The van der Waals surface area contributed by atoms with Gasteiger partial charge in [0, 0.05) is 12.1 Å². The maximum atomic E-state index is 12.7. The third kappa shape index (κ3) is 6.07. The van der Waals surface area contributed by atoms with Gasteiger partial charge in [-0.25, -0.2) is 8.42 Å². The van der Waals surface area contributed by atoms with Gasteiger partial charge in [0.1, 0.15) is 11.8 Å². The Hall–Kier alpha value is -2.38. The van der Waals surface area contributed by atoms with Crippen LogP contribution in [0.3, 0.4) is 0 Å². The quantitative estimate of drug-likeness (QED) is 0.673. The van der Waals surface area contributed by atoms with E-state index in [1.165, 1.54) is 12.1 Å². The predicted octanol–water partition coefficient (Wildman–Crippen LogP) is 3.01. The van der Waals surface area contributed by atoms with Crippen LogP contribution in [0, 0.1) is 12.8 Å². The number of hydrogen-bond acceptors (Lipinski definition) is 4. The molecule has 7 heteroatoms. The highest BCUT2D eigenvalue weighted by atomic mass is 32.2. The maximum Gasteiger partial charge on any atom is 0.241 e. The number of carbonyl (C=O) groups excluding carboxylic acids is 1. The summed E-state index contributed by atoms with van der Waals surface area (Å²) in [6.45, 7) is 6.03. The standard InChI is InChI=1S/C21H28N2O4S/c1-15(2)13-19(23-28(25,26)18-11-9-16(3)10-12-18)21(24)22-14-17-7-5-6-8-20(17)27-4/h5-12,15,19,23H,13-14H2,1-4H3,(H,22,24)/t19-/m0/s1. The van der Waals surface area contributed by atoms with Gasteiger partial charge in [-0.3, -0.25) is 4.79 Å². The number of sulfonamides is 1. The summed E-state index contributed by atoms with van der Waals surface area (Å²) in [4.78, 5) is 12.9. The van der Waals surface area contributed by atoms with Crippen LogP contribution < -0.4 is 14.8 Å². The third-order valence-corrected chi connectivity index (χ3v) is 5.79. The summed E-state index contributed by atoms with van der Waals surface area (Å²) in [7, 11) is -2.23. The number of rotatable bonds is 9. The number of ether oxygens (including phenoxy) is 1. The van der Waals surface area contributed by atoms with Crippen molar-refractivity contribution in [2.75, 3.05) is 7.11 Å². The van der Waals surface area contributed by atoms with Crippen molar-refractivity contribution in [2.24, 2.45) is 5.92 Å². The van der Waals surface area contributed by atoms with Crippen molar-refractivity contribution in [3.63, 3.8) is 0 Å². The van der Waals surface area contributed by atoms with Gasteiger partial charge in [-0.15, -0.1) is 0 Å². The molecule has 0 saturated carbocycles. The van der Waals surface area contributed by atoms with Crippen LogP contribution in [-0.4, -0.2) is 27.5 Å². The molecule has 0 spiro atoms. The number of aryl methyl sites for hydroxylation is 1. The summed E-state index contributed by atoms with van der Waals surface area (Å²) < 4.78 is 33.2. The summed E-state index contributed by atoms with van der Waals surface area (Å²) in [6, 6.07) is 13.0. The number of amides is 1. The van der Waals surface area contributed by atoms with Gasteiger partial charge in [0.05, 0.1) is 12.0 Å². The first-order chi connectivity index (χ1) is 13.2. The van der Waals surface area contributed by atoms with E-state index in [1.54, 1.807) is 19.2 Å². The molecule has 1 atom stereocenters. The zero-order chi connectivity index (χ0) is 20.7. The molecule has 0 bridgehead atoms. The number of hydrogen-bond donors (Lipinski definition) is 2. The van der Waals surface area contributed by atoms with Gasteiger partial charge in [0.25, 0.3) is 0 Å². The third-order valence-electron chi connectivity index (χ3n) is 4.30. The topological polar surface area (TPSA) is 84.5 Å². The molecule has 1 amide bonds. The second kappa shape index (κ2) is 9.71. The Labute approximate surface area is 167 Å². The summed E-state index contributed by atoms with van der Waals surface area (Å²) in [6.07, 6.45) is 0.392. The molecular weight excluding hydrogens is 376 g/mol. The van der Waals surface area contributed by atoms with Crippen LogP contribution in [0.25, 0.3) is 0 Å². The summed E-state index contributed by atoms with van der Waals surface area (Å²) in [5, 5.41) is 2.82. The van der Waals surface area contributed by atoms with E-state index in [0.717, 1.165) is 11.1 Å². The number of benzene rings is 2. The van der Waals surface area contributed by atoms with Crippen molar-refractivity contribution < 1.29 is 17.9 Å². The Morgan fingerprint density at radius 1 is 1.07 bits per heavy atom. The molecule has 6 nitrogen and oxygen atoms in total. The molecule has 0 aliphatic heterocycles. The zero-order valence-corrected chi connectivity index (χ0v) is 17.5. The molecule has 28 heavy (non-hydrogen) atoms. The van der Waals surface area contributed by atoms with E-state index >= 15 is 0 Å². The number of methoxy groups -OCH3 is 1. The molecule has 0 aliphatic carbocycles. The smallest absolute Gasteiger partial charge is 0.241 e. The van der Waals surface area contributed by atoms with Crippen molar-refractivity contribution >= 4 is 15.9 Å². The number of nitrogens with one attached hydrogen (secondary N) is 2. The average Bonchev–Trinajstić information content (AvgIpc) is 2.65. The van der Waals surface area contributed by atoms with Gasteiger partial charge in [-0.2, -0.15) is 4.72 Å². The van der Waals surface area contributed by atoms with Crippen LogP contribution >= 0.6 is 0 Å². The minimum atomic E-state index is -3.80. The minimum absolute atomic E-state index is 0.141. The van der Waals surface area contributed by atoms with Gasteiger partial charge >= 0.3 is 0 Å². The van der Waals surface area contributed by atoms with E-state index in [-0.39, 0.29) is 23.3 Å². The van der Waals surface area contributed by atoms with Gasteiger partial charge in [-0.05, 0) is 37.5 Å². The van der Waals surface area contributed by atoms with Crippen molar-refractivity contribution in [2.45, 2.75) is 44.7 Å². The first kappa shape index (κ1) is 21.9. The molecule has 2 aromatic carbocycles. The Morgan fingerprint density at radius 2 is 1.71 bits per heavy atom. The lowest BCUT2D eigenvalue weighted by molar-refractivity contribution is -0.123. The lowest BCUT2D eigenvalue weighted by atomic mass is 10.0. The molecule has 2 aromatic rings.